The lowest BCUT2D eigenvalue weighted by Crippen LogP contribution is -2.23. The molecule has 2 N–H and O–H groups in total. The van der Waals surface area contributed by atoms with Gasteiger partial charge < -0.3 is 19.9 Å². The van der Waals surface area contributed by atoms with Crippen molar-refractivity contribution in [1.29, 1.82) is 0 Å². The number of hydrogen-bond acceptors (Lipinski definition) is 4. The number of rotatable bonds is 3. The van der Waals surface area contributed by atoms with Gasteiger partial charge >= 0.3 is 0 Å². The number of carbonyl (C=O) groups is 1. The Hall–Kier alpha value is -3.09. The lowest BCUT2D eigenvalue weighted by molar-refractivity contribution is -0.116. The number of ether oxygens (including phenoxy) is 1. The fourth-order valence-corrected chi connectivity index (χ4v) is 3.41. The summed E-state index contributed by atoms with van der Waals surface area (Å²) >= 11 is 0. The minimum atomic E-state index is -0.315. The van der Waals surface area contributed by atoms with Gasteiger partial charge in [0, 0.05) is 37.7 Å². The fraction of sp³-hybridized carbons (Fsp3) is 0.300. The maximum absolute atomic E-state index is 13.5. The SMILES string of the molecule is CC(=O)N(C)c1cc(NC2CCOc3cc(F)ccc32)c2nc(C)[nH]c2c1. The molecule has 1 aliphatic rings. The van der Waals surface area contributed by atoms with E-state index in [4.69, 9.17) is 4.74 Å². The first-order valence-corrected chi connectivity index (χ1v) is 8.86. The number of hydrogen-bond donors (Lipinski definition) is 2. The maximum Gasteiger partial charge on any atom is 0.223 e. The van der Waals surface area contributed by atoms with Crippen molar-refractivity contribution in [1.82, 2.24) is 9.97 Å². The zero-order valence-corrected chi connectivity index (χ0v) is 15.5. The van der Waals surface area contributed by atoms with Crippen LogP contribution in [0.2, 0.25) is 0 Å². The number of benzene rings is 2. The molecule has 0 bridgehead atoms. The molecular weight excluding hydrogens is 347 g/mol. The van der Waals surface area contributed by atoms with Gasteiger partial charge in [0.15, 0.2) is 0 Å². The lowest BCUT2D eigenvalue weighted by atomic mass is 10.00. The van der Waals surface area contributed by atoms with E-state index in [1.807, 2.05) is 19.1 Å². The molecule has 1 amide bonds. The Kier molecular flexibility index (Phi) is 4.22. The molecule has 1 aliphatic heterocycles. The Labute approximate surface area is 156 Å². The number of H-pyrrole nitrogens is 1. The third-order valence-corrected chi connectivity index (χ3v) is 4.89. The second kappa shape index (κ2) is 6.57. The first kappa shape index (κ1) is 17.3. The topological polar surface area (TPSA) is 70.2 Å². The largest absolute Gasteiger partial charge is 0.493 e. The van der Waals surface area contributed by atoms with Crippen molar-refractivity contribution < 1.29 is 13.9 Å². The molecule has 1 unspecified atom stereocenters. The number of aromatic nitrogens is 2. The Balaban J connectivity index is 1.77. The summed E-state index contributed by atoms with van der Waals surface area (Å²) in [5, 5.41) is 3.52. The quantitative estimate of drug-likeness (QED) is 0.735. The normalized spacial score (nSPS) is 15.9. The average molecular weight is 368 g/mol. The molecule has 140 valence electrons. The van der Waals surface area contributed by atoms with Crippen LogP contribution in [-0.4, -0.2) is 29.5 Å². The van der Waals surface area contributed by atoms with Crippen LogP contribution in [0, 0.1) is 12.7 Å². The molecule has 0 spiro atoms. The van der Waals surface area contributed by atoms with E-state index in [2.05, 4.69) is 15.3 Å². The molecule has 2 aromatic carbocycles. The van der Waals surface area contributed by atoms with Crippen molar-refractivity contribution in [3.8, 4) is 5.75 Å². The van der Waals surface area contributed by atoms with Gasteiger partial charge in [0.05, 0.1) is 23.9 Å². The first-order valence-electron chi connectivity index (χ1n) is 8.86. The predicted molar refractivity (Wildman–Crippen MR) is 103 cm³/mol. The smallest absolute Gasteiger partial charge is 0.223 e. The van der Waals surface area contributed by atoms with Crippen LogP contribution in [0.5, 0.6) is 5.75 Å². The van der Waals surface area contributed by atoms with Crippen LogP contribution >= 0.6 is 0 Å². The molecular formula is C20H21FN4O2. The van der Waals surface area contributed by atoms with Crippen molar-refractivity contribution >= 4 is 28.3 Å². The molecule has 4 rings (SSSR count). The molecule has 0 aliphatic carbocycles. The third-order valence-electron chi connectivity index (χ3n) is 4.89. The number of amides is 1. The van der Waals surface area contributed by atoms with Crippen LogP contribution in [0.3, 0.4) is 0 Å². The van der Waals surface area contributed by atoms with E-state index in [1.54, 1.807) is 18.0 Å². The zero-order valence-electron chi connectivity index (χ0n) is 15.5. The fourth-order valence-electron chi connectivity index (χ4n) is 3.41. The number of carbonyl (C=O) groups excluding carboxylic acids is 1. The van der Waals surface area contributed by atoms with Gasteiger partial charge in [0.2, 0.25) is 5.91 Å². The van der Waals surface area contributed by atoms with E-state index < -0.39 is 0 Å². The Bertz CT molecular complexity index is 1030. The molecule has 1 aromatic heterocycles. The number of aromatic amines is 1. The highest BCUT2D eigenvalue weighted by molar-refractivity contribution is 5.98. The van der Waals surface area contributed by atoms with Crippen molar-refractivity contribution in [2.75, 3.05) is 23.9 Å². The summed E-state index contributed by atoms with van der Waals surface area (Å²) in [5.41, 5.74) is 4.17. The van der Waals surface area contributed by atoms with Gasteiger partial charge in [-0.15, -0.1) is 0 Å². The number of nitrogens with zero attached hydrogens (tertiary/aromatic N) is 2. The molecule has 0 saturated carbocycles. The summed E-state index contributed by atoms with van der Waals surface area (Å²) in [4.78, 5) is 21.2. The summed E-state index contributed by atoms with van der Waals surface area (Å²) in [6.45, 7) is 3.92. The number of anilines is 2. The number of nitrogens with one attached hydrogen (secondary N) is 2. The third kappa shape index (κ3) is 3.20. The Morgan fingerprint density at radius 2 is 2.19 bits per heavy atom. The minimum absolute atomic E-state index is 0.0348. The molecule has 0 fully saturated rings. The highest BCUT2D eigenvalue weighted by Gasteiger charge is 2.23. The monoisotopic (exact) mass is 368 g/mol. The minimum Gasteiger partial charge on any atom is -0.493 e. The van der Waals surface area contributed by atoms with Crippen molar-refractivity contribution in [2.24, 2.45) is 0 Å². The predicted octanol–water partition coefficient (Wildman–Crippen LogP) is 3.93. The molecule has 1 atom stereocenters. The van der Waals surface area contributed by atoms with E-state index in [0.29, 0.717) is 12.4 Å². The van der Waals surface area contributed by atoms with Gasteiger partial charge in [0.1, 0.15) is 22.9 Å². The van der Waals surface area contributed by atoms with Crippen LogP contribution in [0.1, 0.15) is 30.8 Å². The molecule has 0 saturated heterocycles. The standard InChI is InChI=1S/C20H21FN4O2/c1-11-22-17-9-14(25(3)12(2)26)10-18(20(17)23-11)24-16-6-7-27-19-8-13(21)4-5-15(16)19/h4-5,8-10,16,24H,6-7H2,1-3H3,(H,22,23). The van der Waals surface area contributed by atoms with Gasteiger partial charge in [-0.25, -0.2) is 9.37 Å². The van der Waals surface area contributed by atoms with E-state index in [9.17, 15) is 9.18 Å². The molecule has 6 nitrogen and oxygen atoms in total. The summed E-state index contributed by atoms with van der Waals surface area (Å²) in [6.07, 6.45) is 0.746. The van der Waals surface area contributed by atoms with Crippen LogP contribution in [0.25, 0.3) is 11.0 Å². The summed E-state index contributed by atoms with van der Waals surface area (Å²) in [6, 6.07) is 8.40. The summed E-state index contributed by atoms with van der Waals surface area (Å²) in [5.74, 6) is 0.989. The second-order valence-corrected chi connectivity index (χ2v) is 6.81. The highest BCUT2D eigenvalue weighted by atomic mass is 19.1. The van der Waals surface area contributed by atoms with E-state index in [0.717, 1.165) is 40.2 Å². The molecule has 2 heterocycles. The van der Waals surface area contributed by atoms with Crippen molar-refractivity contribution in [3.05, 3.63) is 47.5 Å². The van der Waals surface area contributed by atoms with Crippen LogP contribution in [0.15, 0.2) is 30.3 Å². The van der Waals surface area contributed by atoms with Crippen LogP contribution in [0.4, 0.5) is 15.8 Å². The van der Waals surface area contributed by atoms with Gasteiger partial charge in [-0.3, -0.25) is 4.79 Å². The highest BCUT2D eigenvalue weighted by Crippen LogP contribution is 2.37. The Morgan fingerprint density at radius 1 is 1.37 bits per heavy atom. The van der Waals surface area contributed by atoms with Crippen molar-refractivity contribution in [2.45, 2.75) is 26.3 Å². The number of aryl methyl sites for hydroxylation is 1. The zero-order chi connectivity index (χ0) is 19.1. The number of imidazole rings is 1. The van der Waals surface area contributed by atoms with E-state index in [-0.39, 0.29) is 17.8 Å². The van der Waals surface area contributed by atoms with Crippen molar-refractivity contribution in [3.63, 3.8) is 0 Å². The van der Waals surface area contributed by atoms with Gasteiger partial charge in [-0.1, -0.05) is 6.07 Å². The molecule has 27 heavy (non-hydrogen) atoms. The molecule has 3 aromatic rings. The van der Waals surface area contributed by atoms with Crippen LogP contribution < -0.4 is 15.0 Å². The van der Waals surface area contributed by atoms with E-state index in [1.165, 1.54) is 19.1 Å². The maximum atomic E-state index is 13.5. The number of halogens is 1. The van der Waals surface area contributed by atoms with Gasteiger partial charge in [-0.05, 0) is 25.1 Å². The summed E-state index contributed by atoms with van der Waals surface area (Å²) in [7, 11) is 1.74. The van der Waals surface area contributed by atoms with Gasteiger partial charge in [-0.2, -0.15) is 0 Å². The number of fused-ring (bicyclic) bond motifs is 2. The second-order valence-electron chi connectivity index (χ2n) is 6.81. The first-order chi connectivity index (χ1) is 12.9. The van der Waals surface area contributed by atoms with E-state index >= 15 is 0 Å². The molecule has 0 radical (unpaired) electrons. The summed E-state index contributed by atoms with van der Waals surface area (Å²) < 4.78 is 19.1. The lowest BCUT2D eigenvalue weighted by Gasteiger charge is -2.28. The average Bonchev–Trinajstić information content (AvgIpc) is 3.01. The molecule has 7 heteroatoms. The van der Waals surface area contributed by atoms with Gasteiger partial charge in [0.25, 0.3) is 0 Å². The van der Waals surface area contributed by atoms with Crippen LogP contribution in [-0.2, 0) is 4.79 Å². The Morgan fingerprint density at radius 3 is 2.96 bits per heavy atom.